The van der Waals surface area contributed by atoms with Crippen LogP contribution in [-0.2, 0) is 0 Å². The Balaban J connectivity index is 1.82. The van der Waals surface area contributed by atoms with Crippen LogP contribution in [0.2, 0.25) is 0 Å². The molecule has 0 aliphatic carbocycles. The molecule has 0 saturated carbocycles. The Hall–Kier alpha value is -4.07. The lowest BCUT2D eigenvalue weighted by molar-refractivity contribution is 0.0827. The van der Waals surface area contributed by atoms with E-state index >= 15 is 0 Å². The fraction of sp³-hybridized carbons (Fsp3) is 0.0909. The predicted molar refractivity (Wildman–Crippen MR) is 110 cm³/mol. The molecular formula is C22H18FN5O2. The van der Waals surface area contributed by atoms with Gasteiger partial charge in [0, 0.05) is 31.9 Å². The summed E-state index contributed by atoms with van der Waals surface area (Å²) >= 11 is 0. The molecule has 0 saturated heterocycles. The van der Waals surface area contributed by atoms with Crippen molar-refractivity contribution in [2.24, 2.45) is 0 Å². The van der Waals surface area contributed by atoms with Gasteiger partial charge in [-0.1, -0.05) is 18.2 Å². The van der Waals surface area contributed by atoms with Gasteiger partial charge in [-0.3, -0.25) is 9.59 Å². The van der Waals surface area contributed by atoms with Crippen molar-refractivity contribution in [3.05, 3.63) is 94.7 Å². The average Bonchev–Trinajstić information content (AvgIpc) is 3.23. The first-order valence-corrected chi connectivity index (χ1v) is 9.17. The van der Waals surface area contributed by atoms with Crippen molar-refractivity contribution in [2.75, 3.05) is 14.1 Å². The number of hydrogen-bond acceptors (Lipinski definition) is 4. The van der Waals surface area contributed by atoms with Gasteiger partial charge in [0.25, 0.3) is 5.91 Å². The predicted octanol–water partition coefficient (Wildman–Crippen LogP) is 2.93. The van der Waals surface area contributed by atoms with Crippen LogP contribution >= 0.6 is 0 Å². The Morgan fingerprint density at radius 3 is 2.60 bits per heavy atom. The summed E-state index contributed by atoms with van der Waals surface area (Å²) in [6, 6.07) is 16.1. The lowest BCUT2D eigenvalue weighted by atomic mass is 10.2. The number of nitrogens with zero attached hydrogens (tertiary/aromatic N) is 5. The van der Waals surface area contributed by atoms with E-state index in [1.165, 1.54) is 38.8 Å². The van der Waals surface area contributed by atoms with Gasteiger partial charge in [-0.25, -0.2) is 13.8 Å². The Morgan fingerprint density at radius 1 is 1.03 bits per heavy atom. The molecule has 0 fully saturated rings. The van der Waals surface area contributed by atoms with Crippen molar-refractivity contribution in [3.63, 3.8) is 0 Å². The van der Waals surface area contributed by atoms with Gasteiger partial charge in [-0.15, -0.1) is 0 Å². The third-order valence-corrected chi connectivity index (χ3v) is 4.54. The van der Waals surface area contributed by atoms with Crippen LogP contribution in [-0.4, -0.2) is 44.5 Å². The van der Waals surface area contributed by atoms with E-state index in [9.17, 15) is 14.0 Å². The molecule has 2 aromatic carbocycles. The van der Waals surface area contributed by atoms with Gasteiger partial charge in [0.15, 0.2) is 5.69 Å². The van der Waals surface area contributed by atoms with Crippen molar-refractivity contribution in [1.82, 2.24) is 24.5 Å². The number of carbonyl (C=O) groups is 1. The minimum absolute atomic E-state index is 0.114. The van der Waals surface area contributed by atoms with Crippen molar-refractivity contribution >= 4 is 5.91 Å². The number of benzene rings is 2. The molecule has 1 amide bonds. The highest BCUT2D eigenvalue weighted by Gasteiger charge is 2.16. The second-order valence-electron chi connectivity index (χ2n) is 6.80. The van der Waals surface area contributed by atoms with Crippen molar-refractivity contribution in [1.29, 1.82) is 0 Å². The normalized spacial score (nSPS) is 10.8. The highest BCUT2D eigenvalue weighted by molar-refractivity contribution is 5.94. The molecular weight excluding hydrogens is 385 g/mol. The van der Waals surface area contributed by atoms with E-state index in [1.807, 2.05) is 0 Å². The Bertz CT molecular complexity index is 1290. The first kappa shape index (κ1) is 19.3. The summed E-state index contributed by atoms with van der Waals surface area (Å²) in [5, 5.41) is 8.60. The van der Waals surface area contributed by atoms with Gasteiger partial charge >= 0.3 is 0 Å². The third kappa shape index (κ3) is 3.50. The number of para-hydroxylation sites is 1. The molecule has 7 nitrogen and oxygen atoms in total. The number of carbonyl (C=O) groups excluding carboxylic acids is 1. The van der Waals surface area contributed by atoms with Gasteiger partial charge < -0.3 is 4.90 Å². The minimum atomic E-state index is -0.464. The number of halogens is 1. The van der Waals surface area contributed by atoms with Crippen molar-refractivity contribution in [2.45, 2.75) is 0 Å². The molecule has 0 radical (unpaired) electrons. The summed E-state index contributed by atoms with van der Waals surface area (Å²) in [6.45, 7) is 0. The number of amides is 1. The molecule has 0 atom stereocenters. The lowest BCUT2D eigenvalue weighted by Gasteiger charge is -2.13. The van der Waals surface area contributed by atoms with Gasteiger partial charge in [0.1, 0.15) is 11.5 Å². The molecule has 0 unspecified atom stereocenters. The van der Waals surface area contributed by atoms with Crippen LogP contribution in [0.5, 0.6) is 0 Å². The van der Waals surface area contributed by atoms with Crippen LogP contribution in [0, 0.1) is 5.82 Å². The Morgan fingerprint density at radius 2 is 1.83 bits per heavy atom. The molecule has 0 aliphatic heterocycles. The Kier molecular flexibility index (Phi) is 4.97. The zero-order valence-corrected chi connectivity index (χ0v) is 16.4. The van der Waals surface area contributed by atoms with Gasteiger partial charge in [0.05, 0.1) is 17.6 Å². The zero-order valence-electron chi connectivity index (χ0n) is 16.4. The van der Waals surface area contributed by atoms with Crippen LogP contribution in [0.1, 0.15) is 10.4 Å². The molecule has 0 spiro atoms. The van der Waals surface area contributed by atoms with E-state index in [0.29, 0.717) is 16.9 Å². The van der Waals surface area contributed by atoms with Crippen LogP contribution in [0.4, 0.5) is 4.39 Å². The average molecular weight is 403 g/mol. The summed E-state index contributed by atoms with van der Waals surface area (Å²) < 4.78 is 17.1. The molecule has 8 heteroatoms. The summed E-state index contributed by atoms with van der Waals surface area (Å²) in [4.78, 5) is 26.3. The van der Waals surface area contributed by atoms with E-state index in [1.54, 1.807) is 62.6 Å². The van der Waals surface area contributed by atoms with E-state index in [2.05, 4.69) is 10.2 Å². The van der Waals surface area contributed by atoms with Crippen LogP contribution in [0.25, 0.3) is 22.8 Å². The maximum atomic E-state index is 14.3. The summed E-state index contributed by atoms with van der Waals surface area (Å²) in [6.07, 6.45) is 3.01. The third-order valence-electron chi connectivity index (χ3n) is 4.54. The van der Waals surface area contributed by atoms with Gasteiger partial charge in [-0.2, -0.15) is 10.2 Å². The smallest absolute Gasteiger partial charge is 0.253 e. The monoisotopic (exact) mass is 403 g/mol. The second-order valence-corrected chi connectivity index (χ2v) is 6.80. The fourth-order valence-electron chi connectivity index (χ4n) is 3.07. The van der Waals surface area contributed by atoms with Gasteiger partial charge in [0.2, 0.25) is 5.43 Å². The number of aromatic nitrogens is 4. The van der Waals surface area contributed by atoms with Crippen LogP contribution in [0.15, 0.2) is 77.9 Å². The first-order chi connectivity index (χ1) is 14.5. The van der Waals surface area contributed by atoms with Crippen molar-refractivity contribution < 1.29 is 9.18 Å². The lowest BCUT2D eigenvalue weighted by Crippen LogP contribution is -2.22. The van der Waals surface area contributed by atoms with E-state index in [4.69, 9.17) is 0 Å². The van der Waals surface area contributed by atoms with Gasteiger partial charge in [-0.05, 0) is 36.4 Å². The topological polar surface area (TPSA) is 73.0 Å². The molecule has 0 bridgehead atoms. The molecule has 0 aliphatic rings. The molecule has 150 valence electrons. The molecule has 4 rings (SSSR count). The van der Waals surface area contributed by atoms with E-state index in [0.717, 1.165) is 0 Å². The number of rotatable bonds is 4. The molecule has 4 aromatic rings. The highest BCUT2D eigenvalue weighted by atomic mass is 19.1. The minimum Gasteiger partial charge on any atom is -0.345 e. The quantitative estimate of drug-likeness (QED) is 0.525. The highest BCUT2D eigenvalue weighted by Crippen LogP contribution is 2.20. The second kappa shape index (κ2) is 7.75. The largest absolute Gasteiger partial charge is 0.345 e. The summed E-state index contributed by atoms with van der Waals surface area (Å²) in [7, 11) is 3.35. The zero-order chi connectivity index (χ0) is 21.3. The summed E-state index contributed by atoms with van der Waals surface area (Å²) in [5.74, 6) is -0.607. The van der Waals surface area contributed by atoms with E-state index in [-0.39, 0.29) is 22.7 Å². The van der Waals surface area contributed by atoms with Crippen molar-refractivity contribution in [3.8, 4) is 22.8 Å². The standard InChI is InChI=1S/C22H18FN5O2/c1-26(2)22(30)15-6-5-7-16(14-15)27-13-11-20(29)21(25-27)19-10-12-24-28(19)18-9-4-3-8-17(18)23/h3-14H,1-2H3. The summed E-state index contributed by atoms with van der Waals surface area (Å²) in [5.41, 5.74) is 1.47. The fourth-order valence-corrected chi connectivity index (χ4v) is 3.07. The first-order valence-electron chi connectivity index (χ1n) is 9.17. The maximum absolute atomic E-state index is 14.3. The molecule has 0 N–H and O–H groups in total. The van der Waals surface area contributed by atoms with E-state index < -0.39 is 5.82 Å². The Labute approximate surface area is 171 Å². The maximum Gasteiger partial charge on any atom is 0.253 e. The van der Waals surface area contributed by atoms with Crippen LogP contribution in [0.3, 0.4) is 0 Å². The molecule has 30 heavy (non-hydrogen) atoms. The SMILES string of the molecule is CN(C)C(=O)c1cccc(-n2ccc(=O)c(-c3ccnn3-c3ccccc3F)n2)c1. The van der Waals surface area contributed by atoms with Crippen LogP contribution < -0.4 is 5.43 Å². The number of hydrogen-bond donors (Lipinski definition) is 0. The molecule has 2 heterocycles. The molecule has 2 aromatic heterocycles.